The van der Waals surface area contributed by atoms with Crippen molar-refractivity contribution in [1.82, 2.24) is 4.90 Å². The third-order valence-corrected chi connectivity index (χ3v) is 8.04. The third-order valence-electron chi connectivity index (χ3n) is 5.45. The number of hydrogen-bond acceptors (Lipinski definition) is 4. The van der Waals surface area contributed by atoms with Crippen LogP contribution in [0.1, 0.15) is 12.0 Å². The Kier molecular flexibility index (Phi) is 5.48. The number of likely N-dealkylation sites (tertiary alicyclic amines) is 1. The van der Waals surface area contributed by atoms with E-state index in [1.165, 1.54) is 23.4 Å². The molecule has 26 heavy (non-hydrogen) atoms. The number of piperidine rings is 1. The van der Waals surface area contributed by atoms with Crippen LogP contribution < -0.4 is 9.47 Å². The lowest BCUT2D eigenvalue weighted by Gasteiger charge is -2.33. The zero-order chi connectivity index (χ0) is 18.1. The summed E-state index contributed by atoms with van der Waals surface area (Å²) in [5, 5.41) is 0.597. The van der Waals surface area contributed by atoms with Crippen LogP contribution in [-0.2, 0) is 6.54 Å². The predicted octanol–water partition coefficient (Wildman–Crippen LogP) is 4.83. The fourth-order valence-corrected chi connectivity index (χ4v) is 7.04. The van der Waals surface area contributed by atoms with Gasteiger partial charge < -0.3 is 9.47 Å². The molecule has 0 N–H and O–H groups in total. The van der Waals surface area contributed by atoms with Crippen LogP contribution >= 0.6 is 27.7 Å². The topological polar surface area (TPSA) is 21.7 Å². The Balaban J connectivity index is 1.49. The van der Waals surface area contributed by atoms with Gasteiger partial charge in [0.25, 0.3) is 0 Å². The standard InChI is InChI=1S/C21H24BrNO2S/c1-24-17-9-8-16(11-18(17)25-2)26-19-10-15-13-23(21(19)20(15)22)12-14-6-4-3-5-7-14/h3-9,11,15,19-21H,10,12-13H2,1-2H3/t15-,19+,20+,21+/m0/s1. The highest BCUT2D eigenvalue weighted by Gasteiger charge is 2.51. The van der Waals surface area contributed by atoms with E-state index in [-0.39, 0.29) is 0 Å². The highest BCUT2D eigenvalue weighted by molar-refractivity contribution is 9.09. The van der Waals surface area contributed by atoms with E-state index in [9.17, 15) is 0 Å². The molecular formula is C21H24BrNO2S. The van der Waals surface area contributed by atoms with E-state index in [0.29, 0.717) is 16.1 Å². The molecule has 0 radical (unpaired) electrons. The molecule has 2 aromatic carbocycles. The number of nitrogens with zero attached hydrogens (tertiary/aromatic N) is 1. The summed E-state index contributed by atoms with van der Waals surface area (Å²) in [6, 6.07) is 17.6. The monoisotopic (exact) mass is 433 g/mol. The maximum absolute atomic E-state index is 5.47. The van der Waals surface area contributed by atoms with E-state index >= 15 is 0 Å². The fraction of sp³-hybridized carbons (Fsp3) is 0.429. The van der Waals surface area contributed by atoms with E-state index in [2.05, 4.69) is 63.3 Å². The molecule has 2 aliphatic rings. The molecule has 0 spiro atoms. The lowest BCUT2D eigenvalue weighted by molar-refractivity contribution is 0.211. The molecule has 1 saturated heterocycles. The number of alkyl halides is 1. The van der Waals surface area contributed by atoms with Gasteiger partial charge in [0.15, 0.2) is 11.5 Å². The number of methoxy groups -OCH3 is 2. The number of halogens is 1. The molecule has 3 nitrogen and oxygen atoms in total. The summed E-state index contributed by atoms with van der Waals surface area (Å²) < 4.78 is 10.8. The molecule has 1 heterocycles. The molecule has 2 aromatic rings. The number of hydrogen-bond donors (Lipinski definition) is 0. The van der Waals surface area contributed by atoms with Gasteiger partial charge in [0.1, 0.15) is 0 Å². The molecule has 4 rings (SSSR count). The first kappa shape index (κ1) is 18.2. The molecule has 2 fully saturated rings. The van der Waals surface area contributed by atoms with Gasteiger partial charge in [0.2, 0.25) is 0 Å². The number of fused-ring (bicyclic) bond motifs is 2. The summed E-state index contributed by atoms with van der Waals surface area (Å²) >= 11 is 5.96. The van der Waals surface area contributed by atoms with Crippen molar-refractivity contribution in [2.24, 2.45) is 5.92 Å². The van der Waals surface area contributed by atoms with Gasteiger partial charge in [-0.25, -0.2) is 0 Å². The first-order chi connectivity index (χ1) is 12.7. The van der Waals surface area contributed by atoms with Crippen LogP contribution in [0.25, 0.3) is 0 Å². The van der Waals surface area contributed by atoms with Crippen molar-refractivity contribution in [2.45, 2.75) is 34.0 Å². The molecule has 0 amide bonds. The smallest absolute Gasteiger partial charge is 0.161 e. The lowest BCUT2D eigenvalue weighted by Crippen LogP contribution is -2.40. The van der Waals surface area contributed by atoms with Crippen LogP contribution in [0.3, 0.4) is 0 Å². The van der Waals surface area contributed by atoms with Gasteiger partial charge in [-0.3, -0.25) is 4.90 Å². The van der Waals surface area contributed by atoms with Crippen molar-refractivity contribution in [3.05, 3.63) is 54.1 Å². The maximum Gasteiger partial charge on any atom is 0.161 e. The quantitative estimate of drug-likeness (QED) is 0.607. The minimum absolute atomic E-state index is 0.568. The summed E-state index contributed by atoms with van der Waals surface area (Å²) in [6.45, 7) is 2.23. The van der Waals surface area contributed by atoms with Gasteiger partial charge in [-0.05, 0) is 36.1 Å². The Morgan fingerprint density at radius 1 is 1.08 bits per heavy atom. The number of ether oxygens (including phenoxy) is 2. The molecule has 4 atom stereocenters. The Bertz CT molecular complexity index is 757. The van der Waals surface area contributed by atoms with Crippen molar-refractivity contribution in [3.63, 3.8) is 0 Å². The first-order valence-electron chi connectivity index (χ1n) is 9.00. The lowest BCUT2D eigenvalue weighted by atomic mass is 10.1. The minimum Gasteiger partial charge on any atom is -0.493 e. The Morgan fingerprint density at radius 3 is 2.54 bits per heavy atom. The van der Waals surface area contributed by atoms with Crippen LogP contribution in [-0.4, -0.2) is 41.8 Å². The average Bonchev–Trinajstić information content (AvgIpc) is 3.13. The van der Waals surface area contributed by atoms with Crippen LogP contribution in [0.2, 0.25) is 0 Å². The maximum atomic E-state index is 5.47. The molecule has 5 heteroatoms. The van der Waals surface area contributed by atoms with Crippen LogP contribution in [0.4, 0.5) is 0 Å². The Labute approximate surface area is 168 Å². The first-order valence-corrected chi connectivity index (χ1v) is 10.8. The van der Waals surface area contributed by atoms with Gasteiger partial charge in [-0.1, -0.05) is 46.3 Å². The van der Waals surface area contributed by atoms with Crippen molar-refractivity contribution in [1.29, 1.82) is 0 Å². The fourth-order valence-electron chi connectivity index (χ4n) is 4.26. The second-order valence-corrected chi connectivity index (χ2v) is 9.39. The van der Waals surface area contributed by atoms with Gasteiger partial charge >= 0.3 is 0 Å². The van der Waals surface area contributed by atoms with E-state index in [4.69, 9.17) is 9.47 Å². The van der Waals surface area contributed by atoms with Crippen molar-refractivity contribution < 1.29 is 9.47 Å². The normalized spacial score (nSPS) is 27.7. The summed E-state index contributed by atoms with van der Waals surface area (Å²) in [5.74, 6) is 2.33. The molecule has 1 saturated carbocycles. The van der Waals surface area contributed by atoms with Crippen molar-refractivity contribution in [3.8, 4) is 11.5 Å². The number of thioether (sulfide) groups is 1. The SMILES string of the molecule is COc1ccc(S[C@@H]2C[C@H]3CN(Cc4ccccc4)[C@H]2[C@@H]3Br)cc1OC. The third kappa shape index (κ3) is 3.49. The van der Waals surface area contributed by atoms with Gasteiger partial charge in [0.05, 0.1) is 14.2 Å². The molecule has 1 aliphatic carbocycles. The van der Waals surface area contributed by atoms with Gasteiger partial charge in [-0.2, -0.15) is 0 Å². The summed E-state index contributed by atoms with van der Waals surface area (Å²) in [6.07, 6.45) is 1.27. The second-order valence-electron chi connectivity index (χ2n) is 7.02. The Morgan fingerprint density at radius 2 is 1.85 bits per heavy atom. The van der Waals surface area contributed by atoms with Crippen molar-refractivity contribution in [2.75, 3.05) is 20.8 Å². The predicted molar refractivity (Wildman–Crippen MR) is 111 cm³/mol. The highest BCUT2D eigenvalue weighted by atomic mass is 79.9. The molecular weight excluding hydrogens is 410 g/mol. The molecule has 1 aliphatic heterocycles. The highest BCUT2D eigenvalue weighted by Crippen LogP contribution is 2.49. The van der Waals surface area contributed by atoms with E-state index < -0.39 is 0 Å². The Hall–Kier alpha value is -1.17. The van der Waals surface area contributed by atoms with E-state index in [0.717, 1.165) is 24.0 Å². The summed E-state index contributed by atoms with van der Waals surface area (Å²) in [5.41, 5.74) is 1.40. The largest absolute Gasteiger partial charge is 0.493 e. The number of benzene rings is 2. The van der Waals surface area contributed by atoms with Crippen LogP contribution in [0.5, 0.6) is 11.5 Å². The number of rotatable bonds is 6. The van der Waals surface area contributed by atoms with Crippen molar-refractivity contribution >= 4 is 27.7 Å². The molecule has 2 bridgehead atoms. The summed E-state index contributed by atoms with van der Waals surface area (Å²) in [4.78, 5) is 4.49. The molecule has 138 valence electrons. The van der Waals surface area contributed by atoms with E-state index in [1.807, 2.05) is 17.8 Å². The van der Waals surface area contributed by atoms with E-state index in [1.54, 1.807) is 14.2 Å². The van der Waals surface area contributed by atoms with Crippen LogP contribution in [0, 0.1) is 5.92 Å². The zero-order valence-electron chi connectivity index (χ0n) is 15.1. The molecule has 0 aromatic heterocycles. The molecule has 0 unspecified atom stereocenters. The second kappa shape index (κ2) is 7.83. The zero-order valence-corrected chi connectivity index (χ0v) is 17.5. The minimum atomic E-state index is 0.568. The van der Waals surface area contributed by atoms with Crippen LogP contribution in [0.15, 0.2) is 53.4 Å². The summed E-state index contributed by atoms with van der Waals surface area (Å²) in [7, 11) is 3.37. The van der Waals surface area contributed by atoms with Gasteiger partial charge in [0, 0.05) is 34.1 Å². The average molecular weight is 434 g/mol. The van der Waals surface area contributed by atoms with Gasteiger partial charge in [-0.15, -0.1) is 11.8 Å².